The molecule has 0 bridgehead atoms. The van der Waals surface area contributed by atoms with E-state index < -0.39 is 11.9 Å². The molecule has 13 heavy (non-hydrogen) atoms. The normalized spacial score (nSPS) is 12.0. The van der Waals surface area contributed by atoms with Gasteiger partial charge in [-0.15, -0.1) is 5.10 Å². The molecule has 0 aromatic carbocycles. The van der Waals surface area contributed by atoms with Crippen molar-refractivity contribution in [3.63, 3.8) is 0 Å². The Balaban J connectivity index is 2.65. The van der Waals surface area contributed by atoms with Gasteiger partial charge in [0.2, 0.25) is 0 Å². The molecule has 1 rings (SSSR count). The number of nitriles is 1. The molecule has 0 aliphatic heterocycles. The van der Waals surface area contributed by atoms with Crippen LogP contribution in [0.4, 0.5) is 0 Å². The van der Waals surface area contributed by atoms with E-state index >= 15 is 0 Å². The number of rotatable bonds is 3. The van der Waals surface area contributed by atoms with E-state index in [2.05, 4.69) is 10.3 Å². The summed E-state index contributed by atoms with van der Waals surface area (Å²) in [6, 6.07) is 1.81. The molecule has 0 fully saturated rings. The van der Waals surface area contributed by atoms with Crippen LogP contribution in [-0.4, -0.2) is 26.1 Å². The summed E-state index contributed by atoms with van der Waals surface area (Å²) in [6.45, 7) is 1.79. The molecule has 68 valence electrons. The van der Waals surface area contributed by atoms with Gasteiger partial charge >= 0.3 is 5.97 Å². The number of aliphatic carboxylic acids is 1. The molecule has 1 aromatic rings. The average molecular weight is 180 g/mol. The van der Waals surface area contributed by atoms with Crippen molar-refractivity contribution < 1.29 is 9.90 Å². The van der Waals surface area contributed by atoms with Crippen LogP contribution < -0.4 is 0 Å². The second-order valence-electron chi connectivity index (χ2n) is 2.68. The fraction of sp³-hybridized carbons (Fsp3) is 0.429. The summed E-state index contributed by atoms with van der Waals surface area (Å²) in [4.78, 5) is 10.5. The Kier molecular flexibility index (Phi) is 2.59. The van der Waals surface area contributed by atoms with E-state index in [1.807, 2.05) is 6.07 Å². The standard InChI is InChI=1S/C7H8N4O2/c1-5(7(12)13)3-11-4-6(2-8)9-10-11/h4-5H,3H2,1H3,(H,12,13). The van der Waals surface area contributed by atoms with Crippen molar-refractivity contribution in [3.8, 4) is 6.07 Å². The maximum absolute atomic E-state index is 10.5. The van der Waals surface area contributed by atoms with E-state index in [-0.39, 0.29) is 12.2 Å². The lowest BCUT2D eigenvalue weighted by atomic mass is 10.2. The number of carboxylic acids is 1. The van der Waals surface area contributed by atoms with Gasteiger partial charge in [0.1, 0.15) is 6.07 Å². The molecule has 1 atom stereocenters. The third-order valence-corrected chi connectivity index (χ3v) is 1.54. The second-order valence-corrected chi connectivity index (χ2v) is 2.68. The SMILES string of the molecule is CC(Cn1cc(C#N)nn1)C(=O)O. The van der Waals surface area contributed by atoms with E-state index in [1.54, 1.807) is 6.92 Å². The summed E-state index contributed by atoms with van der Waals surface area (Å²) in [6.07, 6.45) is 1.42. The minimum Gasteiger partial charge on any atom is -0.481 e. The molecule has 0 saturated carbocycles. The average Bonchev–Trinajstić information content (AvgIpc) is 2.52. The van der Waals surface area contributed by atoms with E-state index in [0.717, 1.165) is 0 Å². The van der Waals surface area contributed by atoms with Crippen molar-refractivity contribution >= 4 is 5.97 Å². The first-order valence-corrected chi connectivity index (χ1v) is 3.66. The molecule has 0 aliphatic carbocycles. The monoisotopic (exact) mass is 180 g/mol. The van der Waals surface area contributed by atoms with Gasteiger partial charge in [0.25, 0.3) is 0 Å². The molecule has 1 heterocycles. The lowest BCUT2D eigenvalue weighted by molar-refractivity contribution is -0.141. The summed E-state index contributed by atoms with van der Waals surface area (Å²) >= 11 is 0. The fourth-order valence-corrected chi connectivity index (χ4v) is 0.798. The maximum atomic E-state index is 10.5. The van der Waals surface area contributed by atoms with Crippen LogP contribution in [0.25, 0.3) is 0 Å². The zero-order valence-corrected chi connectivity index (χ0v) is 7.01. The molecule has 1 N–H and O–H groups in total. The maximum Gasteiger partial charge on any atom is 0.308 e. The van der Waals surface area contributed by atoms with Gasteiger partial charge in [-0.05, 0) is 0 Å². The number of carbonyl (C=O) groups is 1. The molecule has 0 saturated heterocycles. The lowest BCUT2D eigenvalue weighted by Gasteiger charge is -2.03. The number of nitrogens with zero attached hydrogens (tertiary/aromatic N) is 4. The molecule has 0 amide bonds. The van der Waals surface area contributed by atoms with Crippen molar-refractivity contribution in [2.24, 2.45) is 5.92 Å². The van der Waals surface area contributed by atoms with Crippen LogP contribution in [0.2, 0.25) is 0 Å². The summed E-state index contributed by atoms with van der Waals surface area (Å²) in [5.74, 6) is -1.43. The van der Waals surface area contributed by atoms with Crippen LogP contribution in [0, 0.1) is 17.2 Å². The molecule has 6 heteroatoms. The fourth-order valence-electron chi connectivity index (χ4n) is 0.798. The third-order valence-electron chi connectivity index (χ3n) is 1.54. The topological polar surface area (TPSA) is 91.8 Å². The number of hydrogen-bond acceptors (Lipinski definition) is 4. The van der Waals surface area contributed by atoms with Crippen LogP contribution in [0.5, 0.6) is 0 Å². The van der Waals surface area contributed by atoms with Crippen molar-refractivity contribution in [2.45, 2.75) is 13.5 Å². The third kappa shape index (κ3) is 2.27. The van der Waals surface area contributed by atoms with Gasteiger partial charge in [-0.1, -0.05) is 12.1 Å². The van der Waals surface area contributed by atoms with Gasteiger partial charge in [-0.3, -0.25) is 9.48 Å². The van der Waals surface area contributed by atoms with E-state index in [0.29, 0.717) is 0 Å². The van der Waals surface area contributed by atoms with E-state index in [1.165, 1.54) is 10.9 Å². The van der Waals surface area contributed by atoms with Crippen molar-refractivity contribution in [1.29, 1.82) is 5.26 Å². The molecular weight excluding hydrogens is 172 g/mol. The van der Waals surface area contributed by atoms with Gasteiger partial charge < -0.3 is 5.11 Å². The highest BCUT2D eigenvalue weighted by atomic mass is 16.4. The molecule has 1 aromatic heterocycles. The first-order valence-electron chi connectivity index (χ1n) is 3.66. The van der Waals surface area contributed by atoms with Crippen molar-refractivity contribution in [1.82, 2.24) is 15.0 Å². The summed E-state index contributed by atoms with van der Waals surface area (Å²) in [5.41, 5.74) is 0.192. The molecule has 0 spiro atoms. The zero-order chi connectivity index (χ0) is 9.84. The van der Waals surface area contributed by atoms with Crippen molar-refractivity contribution in [3.05, 3.63) is 11.9 Å². The highest BCUT2D eigenvalue weighted by molar-refractivity contribution is 5.69. The summed E-state index contributed by atoms with van der Waals surface area (Å²) in [5, 5.41) is 24.1. The van der Waals surface area contributed by atoms with Gasteiger partial charge in [-0.2, -0.15) is 5.26 Å². The molecule has 0 radical (unpaired) electrons. The Labute approximate surface area is 74.4 Å². The minimum absolute atomic E-state index is 0.192. The Morgan fingerprint density at radius 2 is 2.62 bits per heavy atom. The van der Waals surface area contributed by atoms with Crippen molar-refractivity contribution in [2.75, 3.05) is 0 Å². The molecule has 6 nitrogen and oxygen atoms in total. The zero-order valence-electron chi connectivity index (χ0n) is 7.01. The van der Waals surface area contributed by atoms with Crippen LogP contribution in [0.15, 0.2) is 6.20 Å². The Bertz CT molecular complexity index is 352. The van der Waals surface area contributed by atoms with Crippen LogP contribution in [0.1, 0.15) is 12.6 Å². The van der Waals surface area contributed by atoms with E-state index in [9.17, 15) is 4.79 Å². The predicted octanol–water partition coefficient (Wildman–Crippen LogP) is -0.130. The molecule has 1 unspecified atom stereocenters. The highest BCUT2D eigenvalue weighted by Gasteiger charge is 2.12. The van der Waals surface area contributed by atoms with E-state index in [4.69, 9.17) is 10.4 Å². The highest BCUT2D eigenvalue weighted by Crippen LogP contribution is 1.99. The lowest BCUT2D eigenvalue weighted by Crippen LogP contribution is -2.17. The van der Waals surface area contributed by atoms with Crippen LogP contribution in [0.3, 0.4) is 0 Å². The van der Waals surface area contributed by atoms with Gasteiger partial charge in [0.05, 0.1) is 18.7 Å². The molecular formula is C7H8N4O2. The first kappa shape index (κ1) is 9.19. The summed E-state index contributed by atoms with van der Waals surface area (Å²) in [7, 11) is 0. The quantitative estimate of drug-likeness (QED) is 0.699. The van der Waals surface area contributed by atoms with Crippen LogP contribution in [-0.2, 0) is 11.3 Å². The van der Waals surface area contributed by atoms with Crippen LogP contribution >= 0.6 is 0 Å². The largest absolute Gasteiger partial charge is 0.481 e. The number of carboxylic acid groups (broad SMARTS) is 1. The first-order chi connectivity index (χ1) is 6.13. The Morgan fingerprint density at radius 1 is 1.92 bits per heavy atom. The smallest absolute Gasteiger partial charge is 0.308 e. The van der Waals surface area contributed by atoms with Gasteiger partial charge in [-0.25, -0.2) is 0 Å². The Hall–Kier alpha value is -1.90. The Morgan fingerprint density at radius 3 is 3.08 bits per heavy atom. The van der Waals surface area contributed by atoms with Gasteiger partial charge in [0.15, 0.2) is 5.69 Å². The number of hydrogen-bond donors (Lipinski definition) is 1. The predicted molar refractivity (Wildman–Crippen MR) is 41.5 cm³/mol. The minimum atomic E-state index is -0.894. The second kappa shape index (κ2) is 3.67. The summed E-state index contributed by atoms with van der Waals surface area (Å²) < 4.78 is 1.34. The number of aromatic nitrogens is 3. The molecule has 0 aliphatic rings. The van der Waals surface area contributed by atoms with Gasteiger partial charge in [0, 0.05) is 0 Å².